The van der Waals surface area contributed by atoms with Crippen LogP contribution in [0.4, 0.5) is 5.69 Å². The maximum atomic E-state index is 11.1. The van der Waals surface area contributed by atoms with Crippen molar-refractivity contribution in [1.82, 2.24) is 0 Å². The van der Waals surface area contributed by atoms with E-state index in [1.165, 1.54) is 0 Å². The molecule has 0 saturated heterocycles. The highest BCUT2D eigenvalue weighted by Crippen LogP contribution is 2.23. The Hall–Kier alpha value is -2.28. The molecular formula is C14H17N3O. The Morgan fingerprint density at radius 1 is 1.33 bits per heavy atom. The van der Waals surface area contributed by atoms with E-state index in [9.17, 15) is 4.79 Å². The van der Waals surface area contributed by atoms with E-state index in [-0.39, 0.29) is 5.57 Å². The maximum absolute atomic E-state index is 11.1. The van der Waals surface area contributed by atoms with E-state index < -0.39 is 5.91 Å². The molecule has 4 nitrogen and oxygen atoms in total. The zero-order chi connectivity index (χ0) is 13.9. The zero-order valence-electron chi connectivity index (χ0n) is 11.1. The highest BCUT2D eigenvalue weighted by atomic mass is 16.1. The molecule has 0 aliphatic carbocycles. The van der Waals surface area contributed by atoms with E-state index in [1.807, 2.05) is 51.0 Å². The van der Waals surface area contributed by atoms with Gasteiger partial charge >= 0.3 is 0 Å². The van der Waals surface area contributed by atoms with Gasteiger partial charge in [-0.15, -0.1) is 0 Å². The summed E-state index contributed by atoms with van der Waals surface area (Å²) < 4.78 is 0. The fraction of sp³-hybridized carbons (Fsp3) is 0.286. The van der Waals surface area contributed by atoms with E-state index in [2.05, 4.69) is 0 Å². The lowest BCUT2D eigenvalue weighted by molar-refractivity contribution is -0.114. The quantitative estimate of drug-likeness (QED) is 0.649. The summed E-state index contributed by atoms with van der Waals surface area (Å²) in [6.45, 7) is 3.89. The van der Waals surface area contributed by atoms with Gasteiger partial charge in [-0.1, -0.05) is 0 Å². The number of nitrogens with zero attached hydrogens (tertiary/aromatic N) is 2. The number of aryl methyl sites for hydroxylation is 2. The fourth-order valence-electron chi connectivity index (χ4n) is 1.74. The third-order valence-electron chi connectivity index (χ3n) is 2.77. The molecule has 0 saturated carbocycles. The summed E-state index contributed by atoms with van der Waals surface area (Å²) in [4.78, 5) is 13.1. The number of primary amides is 1. The number of benzene rings is 1. The van der Waals surface area contributed by atoms with Gasteiger partial charge in [0.25, 0.3) is 5.91 Å². The monoisotopic (exact) mass is 243 g/mol. The summed E-state index contributed by atoms with van der Waals surface area (Å²) in [5, 5.41) is 8.86. The van der Waals surface area contributed by atoms with Gasteiger partial charge < -0.3 is 10.6 Å². The summed E-state index contributed by atoms with van der Waals surface area (Å²) in [6.07, 6.45) is 1.55. The van der Waals surface area contributed by atoms with Crippen molar-refractivity contribution in [2.75, 3.05) is 19.0 Å². The summed E-state index contributed by atoms with van der Waals surface area (Å²) in [6, 6.07) is 5.84. The number of anilines is 1. The molecule has 0 atom stereocenters. The van der Waals surface area contributed by atoms with Crippen molar-refractivity contribution < 1.29 is 4.79 Å². The molecule has 1 rings (SSSR count). The average Bonchev–Trinajstić information content (AvgIpc) is 2.27. The van der Waals surface area contributed by atoms with E-state index in [4.69, 9.17) is 11.0 Å². The van der Waals surface area contributed by atoms with E-state index in [0.717, 1.165) is 22.4 Å². The van der Waals surface area contributed by atoms with Gasteiger partial charge in [-0.05, 0) is 48.7 Å². The van der Waals surface area contributed by atoms with Crippen LogP contribution >= 0.6 is 0 Å². The second-order valence-corrected chi connectivity index (χ2v) is 4.42. The first-order chi connectivity index (χ1) is 8.36. The van der Waals surface area contributed by atoms with Crippen LogP contribution in [0, 0.1) is 25.2 Å². The normalized spacial score (nSPS) is 10.9. The number of nitriles is 1. The first-order valence-corrected chi connectivity index (χ1v) is 5.57. The molecule has 94 valence electrons. The Morgan fingerprint density at radius 3 is 2.17 bits per heavy atom. The largest absolute Gasteiger partial charge is 0.378 e. The highest BCUT2D eigenvalue weighted by Gasteiger charge is 2.08. The van der Waals surface area contributed by atoms with Crippen LogP contribution in [-0.2, 0) is 4.79 Å². The van der Waals surface area contributed by atoms with Crippen LogP contribution in [0.25, 0.3) is 6.08 Å². The molecule has 0 aliphatic heterocycles. The van der Waals surface area contributed by atoms with Gasteiger partial charge in [0, 0.05) is 19.8 Å². The predicted molar refractivity (Wildman–Crippen MR) is 73.0 cm³/mol. The molecule has 0 aromatic heterocycles. The lowest BCUT2D eigenvalue weighted by atomic mass is 9.99. The molecule has 18 heavy (non-hydrogen) atoms. The van der Waals surface area contributed by atoms with Crippen molar-refractivity contribution in [1.29, 1.82) is 5.26 Å². The number of hydrogen-bond acceptors (Lipinski definition) is 3. The van der Waals surface area contributed by atoms with Crippen LogP contribution in [0.2, 0.25) is 0 Å². The van der Waals surface area contributed by atoms with Crippen molar-refractivity contribution in [3.8, 4) is 6.07 Å². The van der Waals surface area contributed by atoms with Crippen molar-refractivity contribution in [2.24, 2.45) is 5.73 Å². The molecule has 0 heterocycles. The number of rotatable bonds is 3. The summed E-state index contributed by atoms with van der Waals surface area (Å²) in [7, 11) is 3.93. The Bertz CT molecular complexity index is 528. The van der Waals surface area contributed by atoms with Crippen LogP contribution in [0.3, 0.4) is 0 Å². The minimum atomic E-state index is -0.701. The number of nitrogens with two attached hydrogens (primary N) is 1. The second-order valence-electron chi connectivity index (χ2n) is 4.42. The zero-order valence-corrected chi connectivity index (χ0v) is 11.1. The molecule has 4 heteroatoms. The van der Waals surface area contributed by atoms with Crippen LogP contribution in [0.15, 0.2) is 17.7 Å². The van der Waals surface area contributed by atoms with Gasteiger partial charge in [0.2, 0.25) is 0 Å². The Balaban J connectivity index is 3.36. The molecule has 0 bridgehead atoms. The van der Waals surface area contributed by atoms with E-state index in [0.29, 0.717) is 0 Å². The molecule has 1 aromatic carbocycles. The summed E-state index contributed by atoms with van der Waals surface area (Å²) in [5.74, 6) is -0.701. The van der Waals surface area contributed by atoms with Gasteiger partial charge in [-0.2, -0.15) is 5.26 Å². The minimum Gasteiger partial charge on any atom is -0.378 e. The molecule has 0 spiro atoms. The lowest BCUT2D eigenvalue weighted by Gasteiger charge is -2.16. The number of amides is 1. The van der Waals surface area contributed by atoms with Crippen molar-refractivity contribution in [2.45, 2.75) is 13.8 Å². The molecule has 2 N–H and O–H groups in total. The van der Waals surface area contributed by atoms with Crippen LogP contribution in [0.1, 0.15) is 16.7 Å². The predicted octanol–water partition coefficient (Wildman–Crippen LogP) is 1.76. The first kappa shape index (κ1) is 13.8. The first-order valence-electron chi connectivity index (χ1n) is 5.57. The molecule has 0 fully saturated rings. The molecule has 1 amide bonds. The Labute approximate surface area is 107 Å². The molecule has 0 radical (unpaired) electrons. The number of hydrogen-bond donors (Lipinski definition) is 1. The average molecular weight is 243 g/mol. The lowest BCUT2D eigenvalue weighted by Crippen LogP contribution is -2.13. The van der Waals surface area contributed by atoms with E-state index in [1.54, 1.807) is 6.08 Å². The van der Waals surface area contributed by atoms with Gasteiger partial charge in [-0.25, -0.2) is 0 Å². The summed E-state index contributed by atoms with van der Waals surface area (Å²) >= 11 is 0. The van der Waals surface area contributed by atoms with Crippen LogP contribution < -0.4 is 10.6 Å². The van der Waals surface area contributed by atoms with Crippen LogP contribution in [-0.4, -0.2) is 20.0 Å². The fourth-order valence-corrected chi connectivity index (χ4v) is 1.74. The summed E-state index contributed by atoms with van der Waals surface area (Å²) in [5.41, 5.74) is 9.08. The minimum absolute atomic E-state index is 0.0289. The third kappa shape index (κ3) is 2.89. The maximum Gasteiger partial charge on any atom is 0.259 e. The number of carbonyl (C=O) groups is 1. The highest BCUT2D eigenvalue weighted by molar-refractivity contribution is 6.00. The molecule has 0 unspecified atom stereocenters. The van der Waals surface area contributed by atoms with Crippen LogP contribution in [0.5, 0.6) is 0 Å². The number of carbonyl (C=O) groups excluding carboxylic acids is 1. The van der Waals surface area contributed by atoms with Gasteiger partial charge in [0.05, 0.1) is 0 Å². The second kappa shape index (κ2) is 5.37. The SMILES string of the molecule is Cc1cc(N(C)C)cc(C)c1/C=C(\C#N)C(N)=O. The van der Waals surface area contributed by atoms with Crippen molar-refractivity contribution in [3.63, 3.8) is 0 Å². The van der Waals surface area contributed by atoms with Gasteiger partial charge in [0.15, 0.2) is 0 Å². The smallest absolute Gasteiger partial charge is 0.259 e. The van der Waals surface area contributed by atoms with Gasteiger partial charge in [-0.3, -0.25) is 4.79 Å². The topological polar surface area (TPSA) is 70.1 Å². The Kier molecular flexibility index (Phi) is 4.11. The molecule has 1 aromatic rings. The standard InChI is InChI=1S/C14H17N3O/c1-9-5-12(17(3)4)6-10(2)13(9)7-11(8-15)14(16)18/h5-7H,1-4H3,(H2,16,18)/b11-7+. The van der Waals surface area contributed by atoms with Crippen molar-refractivity contribution >= 4 is 17.7 Å². The van der Waals surface area contributed by atoms with Gasteiger partial charge in [0.1, 0.15) is 11.6 Å². The molecular weight excluding hydrogens is 226 g/mol. The van der Waals surface area contributed by atoms with Crippen molar-refractivity contribution in [3.05, 3.63) is 34.4 Å². The molecule has 0 aliphatic rings. The van der Waals surface area contributed by atoms with E-state index >= 15 is 0 Å². The Morgan fingerprint density at radius 2 is 1.83 bits per heavy atom. The third-order valence-corrected chi connectivity index (χ3v) is 2.77.